The lowest BCUT2D eigenvalue weighted by Gasteiger charge is -2.25. The van der Waals surface area contributed by atoms with Crippen LogP contribution in [0.5, 0.6) is 0 Å². The van der Waals surface area contributed by atoms with Crippen molar-refractivity contribution in [2.45, 2.75) is 328 Å². The summed E-state index contributed by atoms with van der Waals surface area (Å²) in [6, 6.07) is -0.874. The predicted octanol–water partition coefficient (Wildman–Crippen LogP) is 21.4. The van der Waals surface area contributed by atoms with Crippen LogP contribution in [0.3, 0.4) is 0 Å². The molecule has 0 aromatic carbocycles. The zero-order chi connectivity index (χ0) is 57.7. The van der Waals surface area contributed by atoms with Gasteiger partial charge in [0.15, 0.2) is 0 Å². The first-order valence-electron chi connectivity index (χ1n) is 33.8. The Labute approximate surface area is 491 Å². The van der Waals surface area contributed by atoms with Crippen molar-refractivity contribution in [3.8, 4) is 0 Å². The smallest absolute Gasteiger partial charge is 0.387 e. The summed E-state index contributed by atoms with van der Waals surface area (Å²) >= 11 is 0. The number of quaternary nitrogens is 1. The van der Waals surface area contributed by atoms with Gasteiger partial charge >= 0.3 is 7.82 Å². The number of nitrogens with one attached hydrogen (secondary N) is 1. The van der Waals surface area contributed by atoms with Crippen LogP contribution in [-0.4, -0.2) is 73.4 Å². The Bertz CT molecular complexity index is 1520. The first kappa shape index (κ1) is 76.9. The second kappa shape index (κ2) is 60.5. The van der Waals surface area contributed by atoms with E-state index in [0.717, 1.165) is 57.8 Å². The summed E-state index contributed by atoms with van der Waals surface area (Å²) in [7, 11) is 1.55. The van der Waals surface area contributed by atoms with Crippen molar-refractivity contribution >= 4 is 13.7 Å². The Hall–Kier alpha value is -2.06. The van der Waals surface area contributed by atoms with Gasteiger partial charge in [-0.2, -0.15) is 0 Å². The molecule has 1 amide bonds. The lowest BCUT2D eigenvalue weighted by atomic mass is 10.0. The lowest BCUT2D eigenvalue weighted by molar-refractivity contribution is -0.870. The highest BCUT2D eigenvalue weighted by atomic mass is 31.2. The number of carbonyl (C=O) groups excluding carboxylic acids is 1. The van der Waals surface area contributed by atoms with Crippen molar-refractivity contribution in [3.05, 3.63) is 72.9 Å². The normalized spacial score (nSPS) is 14.2. The van der Waals surface area contributed by atoms with E-state index in [1.54, 1.807) is 6.08 Å². The van der Waals surface area contributed by atoms with Crippen LogP contribution in [0, 0.1) is 0 Å². The second-order valence-electron chi connectivity index (χ2n) is 24.2. The van der Waals surface area contributed by atoms with E-state index >= 15 is 0 Å². The molecule has 0 saturated carbocycles. The van der Waals surface area contributed by atoms with Crippen LogP contribution < -0.4 is 5.32 Å². The lowest BCUT2D eigenvalue weighted by Crippen LogP contribution is -2.45. The molecule has 3 N–H and O–H groups in total. The van der Waals surface area contributed by atoms with Gasteiger partial charge in [-0.1, -0.05) is 299 Å². The molecule has 3 unspecified atom stereocenters. The highest BCUT2D eigenvalue weighted by molar-refractivity contribution is 7.47. The summed E-state index contributed by atoms with van der Waals surface area (Å²) in [5.41, 5.74) is 0. The molecule has 0 heterocycles. The Morgan fingerprint density at radius 3 is 1.10 bits per heavy atom. The van der Waals surface area contributed by atoms with E-state index in [0.29, 0.717) is 17.4 Å². The number of phosphoric ester groups is 1. The minimum absolute atomic E-state index is 0.0521. The number of aliphatic hydroxyl groups excluding tert-OH is 1. The standard InChI is InChI=1S/C70H131N2O6P/c1-6-8-10-12-14-16-18-20-22-24-26-28-30-32-34-35-36-37-38-40-42-44-46-48-50-52-54-56-58-60-62-64-70(74)71-68(67-78-79(75,76)77-66-65-72(3,4)5)69(73)63-61-59-57-55-53-51-49-47-45-43-41-39-33-31-29-27-25-23-21-19-17-15-13-11-9-7-2/h18,20,24,26,30,32,45,47,53,55,61,63,68-69,73H,6-17,19,21-23,25,27-29,31,33-44,46,48-52,54,56-60,62,64-67H2,1-5H3,(H-,71,74,75,76)/p+1/b20-18-,26-24-,32-30-,47-45+,55-53+,63-61+. The van der Waals surface area contributed by atoms with Crippen molar-refractivity contribution in [3.63, 3.8) is 0 Å². The minimum Gasteiger partial charge on any atom is -0.387 e. The van der Waals surface area contributed by atoms with Crippen LogP contribution in [0.4, 0.5) is 0 Å². The summed E-state index contributed by atoms with van der Waals surface area (Å²) in [4.78, 5) is 23.4. The average Bonchev–Trinajstić information content (AvgIpc) is 3.42. The van der Waals surface area contributed by atoms with Crippen LogP contribution >= 0.6 is 7.82 Å². The topological polar surface area (TPSA) is 105 Å². The van der Waals surface area contributed by atoms with Gasteiger partial charge in [-0.15, -0.1) is 0 Å². The molecule has 0 spiro atoms. The second-order valence-corrected chi connectivity index (χ2v) is 25.6. The number of rotatable bonds is 62. The van der Waals surface area contributed by atoms with Gasteiger partial charge in [0.05, 0.1) is 39.9 Å². The first-order chi connectivity index (χ1) is 38.5. The monoisotopic (exact) mass is 1130 g/mol. The number of carbonyl (C=O) groups is 1. The highest BCUT2D eigenvalue weighted by Crippen LogP contribution is 2.43. The summed E-state index contributed by atoms with van der Waals surface area (Å²) in [5, 5.41) is 14.0. The zero-order valence-electron chi connectivity index (χ0n) is 52.9. The number of nitrogens with zero attached hydrogens (tertiary/aromatic N) is 1. The van der Waals surface area contributed by atoms with Crippen molar-refractivity contribution in [2.24, 2.45) is 0 Å². The van der Waals surface area contributed by atoms with Crippen LogP contribution in [0.1, 0.15) is 316 Å². The summed E-state index contributed by atoms with van der Waals surface area (Å²) in [6.07, 6.45) is 84.7. The fourth-order valence-corrected chi connectivity index (χ4v) is 10.6. The molecule has 462 valence electrons. The quantitative estimate of drug-likeness (QED) is 0.0243. The van der Waals surface area contributed by atoms with Gasteiger partial charge in [-0.25, -0.2) is 4.57 Å². The van der Waals surface area contributed by atoms with Crippen LogP contribution in [-0.2, 0) is 18.4 Å². The number of hydrogen-bond donors (Lipinski definition) is 3. The SMILES string of the molecule is CCCCCCC/C=C\C/C=C\C/C=C\CCCCCCCCCCCCCCCCCCC(=O)NC(COP(=O)(O)OCC[N+](C)(C)C)C(O)/C=C/CC/C=C/CC/C=C/CCCCCCCCCCCCCCCCCC. The number of amides is 1. The molecule has 0 aromatic heterocycles. The maximum absolute atomic E-state index is 13.0. The van der Waals surface area contributed by atoms with Gasteiger partial charge in [-0.05, 0) is 83.5 Å². The van der Waals surface area contributed by atoms with Crippen LogP contribution in [0.25, 0.3) is 0 Å². The molecular weight excluding hydrogens is 996 g/mol. The molecule has 0 bridgehead atoms. The molecule has 0 rings (SSSR count). The van der Waals surface area contributed by atoms with Crippen molar-refractivity contribution in [1.82, 2.24) is 5.32 Å². The number of allylic oxidation sites excluding steroid dienone is 11. The van der Waals surface area contributed by atoms with Crippen LogP contribution in [0.15, 0.2) is 72.9 Å². The van der Waals surface area contributed by atoms with Gasteiger partial charge in [0.1, 0.15) is 13.2 Å². The highest BCUT2D eigenvalue weighted by Gasteiger charge is 2.28. The molecule has 0 aliphatic heterocycles. The Balaban J connectivity index is 4.15. The average molecular weight is 1130 g/mol. The number of hydrogen-bond acceptors (Lipinski definition) is 5. The third-order valence-corrected chi connectivity index (χ3v) is 16.1. The predicted molar refractivity (Wildman–Crippen MR) is 346 cm³/mol. The zero-order valence-corrected chi connectivity index (χ0v) is 53.8. The molecule has 9 heteroatoms. The van der Waals surface area contributed by atoms with Gasteiger partial charge in [0, 0.05) is 6.42 Å². The largest absolute Gasteiger partial charge is 0.472 e. The molecule has 79 heavy (non-hydrogen) atoms. The van der Waals surface area contributed by atoms with E-state index in [-0.39, 0.29) is 19.1 Å². The maximum atomic E-state index is 13.0. The molecule has 0 aliphatic carbocycles. The van der Waals surface area contributed by atoms with E-state index in [1.807, 2.05) is 27.2 Å². The number of phosphoric acid groups is 1. The molecular formula is C70H132N2O6P+. The number of likely N-dealkylation sites (N-methyl/N-ethyl adjacent to an activating group) is 1. The number of aliphatic hydroxyl groups is 1. The Morgan fingerprint density at radius 1 is 0.430 bits per heavy atom. The van der Waals surface area contributed by atoms with E-state index in [1.165, 1.54) is 238 Å². The first-order valence-corrected chi connectivity index (χ1v) is 35.3. The fourth-order valence-electron chi connectivity index (χ4n) is 9.85. The fraction of sp³-hybridized carbons (Fsp3) is 0.814. The van der Waals surface area contributed by atoms with Gasteiger partial charge in [-0.3, -0.25) is 13.8 Å². The third kappa shape index (κ3) is 63.4. The van der Waals surface area contributed by atoms with Crippen molar-refractivity contribution < 1.29 is 32.9 Å². The van der Waals surface area contributed by atoms with Crippen molar-refractivity contribution in [2.75, 3.05) is 40.9 Å². The van der Waals surface area contributed by atoms with Gasteiger partial charge in [0.25, 0.3) is 0 Å². The molecule has 0 radical (unpaired) electrons. The van der Waals surface area contributed by atoms with E-state index in [4.69, 9.17) is 9.05 Å². The Morgan fingerprint density at radius 2 is 0.734 bits per heavy atom. The molecule has 3 atom stereocenters. The maximum Gasteiger partial charge on any atom is 0.472 e. The number of unbranched alkanes of at least 4 members (excludes halogenated alkanes) is 39. The van der Waals surface area contributed by atoms with Crippen LogP contribution in [0.2, 0.25) is 0 Å². The van der Waals surface area contributed by atoms with Gasteiger partial charge < -0.3 is 19.8 Å². The van der Waals surface area contributed by atoms with E-state index < -0.39 is 20.0 Å². The summed E-state index contributed by atoms with van der Waals surface area (Å²) in [6.45, 7) is 4.81. The van der Waals surface area contributed by atoms with Gasteiger partial charge in [0.2, 0.25) is 5.91 Å². The van der Waals surface area contributed by atoms with Crippen molar-refractivity contribution in [1.29, 1.82) is 0 Å². The van der Waals surface area contributed by atoms with E-state index in [9.17, 15) is 19.4 Å². The third-order valence-electron chi connectivity index (χ3n) is 15.1. The molecule has 0 aromatic rings. The molecule has 0 fully saturated rings. The minimum atomic E-state index is -4.37. The summed E-state index contributed by atoms with van der Waals surface area (Å²) in [5.74, 6) is -0.189. The molecule has 0 aliphatic rings. The Kier molecular flexibility index (Phi) is 59.0. The molecule has 0 saturated heterocycles. The van der Waals surface area contributed by atoms with E-state index in [2.05, 4.69) is 79.9 Å². The summed E-state index contributed by atoms with van der Waals surface area (Å²) < 4.78 is 23.8. The molecule has 8 nitrogen and oxygen atoms in total.